The molecule has 1 heterocycles. The zero-order valence-corrected chi connectivity index (χ0v) is 15.1. The van der Waals surface area contributed by atoms with Crippen molar-refractivity contribution in [2.24, 2.45) is 0 Å². The van der Waals surface area contributed by atoms with E-state index in [0.717, 1.165) is 26.9 Å². The van der Waals surface area contributed by atoms with Crippen LogP contribution in [0.3, 0.4) is 0 Å². The lowest BCUT2D eigenvalue weighted by atomic mass is 10.2. The smallest absolute Gasteiger partial charge is 0.125 e. The Bertz CT molecular complexity index is 845. The lowest BCUT2D eigenvalue weighted by Gasteiger charge is -2.05. The minimum atomic E-state index is 0.498. The first kappa shape index (κ1) is 16.3. The van der Waals surface area contributed by atoms with Crippen molar-refractivity contribution in [1.82, 2.24) is 4.98 Å². The molecule has 0 saturated carbocycles. The van der Waals surface area contributed by atoms with Crippen molar-refractivity contribution in [3.63, 3.8) is 0 Å². The van der Waals surface area contributed by atoms with Gasteiger partial charge in [-0.15, -0.1) is 11.3 Å². The summed E-state index contributed by atoms with van der Waals surface area (Å²) in [5, 5.41) is 2.11. The van der Waals surface area contributed by atoms with E-state index in [2.05, 4.69) is 4.98 Å². The number of thiazole rings is 1. The molecule has 5 heteroatoms. The van der Waals surface area contributed by atoms with Crippen LogP contribution in [0, 0.1) is 13.8 Å². The van der Waals surface area contributed by atoms with Gasteiger partial charge in [-0.25, -0.2) is 4.98 Å². The van der Waals surface area contributed by atoms with Crippen LogP contribution in [0.2, 0.25) is 10.0 Å². The molecule has 0 aliphatic carbocycles. The maximum atomic E-state index is 6.27. The number of benzene rings is 2. The first-order chi connectivity index (χ1) is 11.0. The Labute approximate surface area is 149 Å². The van der Waals surface area contributed by atoms with E-state index in [1.54, 1.807) is 17.4 Å². The lowest BCUT2D eigenvalue weighted by molar-refractivity contribution is 0.308. The number of ether oxygens (including phenoxy) is 1. The van der Waals surface area contributed by atoms with E-state index in [1.165, 1.54) is 5.56 Å². The van der Waals surface area contributed by atoms with Gasteiger partial charge in [0.2, 0.25) is 0 Å². The monoisotopic (exact) mass is 363 g/mol. The first-order valence-corrected chi connectivity index (χ1v) is 8.71. The molecule has 0 atom stereocenters. The van der Waals surface area contributed by atoms with Crippen LogP contribution in [0.25, 0.3) is 10.6 Å². The van der Waals surface area contributed by atoms with Gasteiger partial charge in [-0.05, 0) is 49.7 Å². The van der Waals surface area contributed by atoms with Gasteiger partial charge in [-0.3, -0.25) is 0 Å². The molecule has 0 aliphatic rings. The minimum Gasteiger partial charge on any atom is -0.488 e. The lowest BCUT2D eigenvalue weighted by Crippen LogP contribution is -1.95. The van der Waals surface area contributed by atoms with E-state index in [1.807, 2.05) is 50.2 Å². The maximum Gasteiger partial charge on any atom is 0.125 e. The SMILES string of the molecule is Cc1cccc(OCc2sc(-c3ccc(Cl)cc3Cl)nc2C)c1. The Morgan fingerprint density at radius 1 is 1.09 bits per heavy atom. The van der Waals surface area contributed by atoms with Crippen LogP contribution in [-0.2, 0) is 6.61 Å². The van der Waals surface area contributed by atoms with E-state index in [9.17, 15) is 0 Å². The highest BCUT2D eigenvalue weighted by molar-refractivity contribution is 7.15. The summed E-state index contributed by atoms with van der Waals surface area (Å²) in [4.78, 5) is 5.70. The molecule has 0 spiro atoms. The largest absolute Gasteiger partial charge is 0.488 e. The van der Waals surface area contributed by atoms with E-state index >= 15 is 0 Å². The molecule has 0 N–H and O–H groups in total. The van der Waals surface area contributed by atoms with Crippen LogP contribution in [0.4, 0.5) is 0 Å². The summed E-state index contributed by atoms with van der Waals surface area (Å²) in [5.74, 6) is 0.865. The van der Waals surface area contributed by atoms with Gasteiger partial charge < -0.3 is 4.74 Å². The third-order valence-corrected chi connectivity index (χ3v) is 5.13. The molecule has 2 nitrogen and oxygen atoms in total. The second kappa shape index (κ2) is 6.91. The predicted octanol–water partition coefficient (Wildman–Crippen LogP) is 6.31. The summed E-state index contributed by atoms with van der Waals surface area (Å²) in [5.41, 5.74) is 3.03. The third kappa shape index (κ3) is 3.86. The highest BCUT2D eigenvalue weighted by Crippen LogP contribution is 2.34. The number of nitrogens with zero attached hydrogens (tertiary/aromatic N) is 1. The highest BCUT2D eigenvalue weighted by atomic mass is 35.5. The molecule has 0 saturated heterocycles. The zero-order chi connectivity index (χ0) is 16.4. The molecule has 23 heavy (non-hydrogen) atoms. The van der Waals surface area contributed by atoms with Gasteiger partial charge in [0.15, 0.2) is 0 Å². The molecule has 1 aromatic heterocycles. The van der Waals surface area contributed by atoms with Gasteiger partial charge in [-0.2, -0.15) is 0 Å². The summed E-state index contributed by atoms with van der Waals surface area (Å²) < 4.78 is 5.87. The number of aryl methyl sites for hydroxylation is 2. The molecule has 3 rings (SSSR count). The van der Waals surface area contributed by atoms with Crippen molar-refractivity contribution in [2.75, 3.05) is 0 Å². The van der Waals surface area contributed by atoms with Gasteiger partial charge in [0.05, 0.1) is 15.6 Å². The molecule has 2 aromatic carbocycles. The highest BCUT2D eigenvalue weighted by Gasteiger charge is 2.13. The van der Waals surface area contributed by atoms with Gasteiger partial charge in [0, 0.05) is 10.6 Å². The summed E-state index contributed by atoms with van der Waals surface area (Å²) >= 11 is 13.8. The quantitative estimate of drug-likeness (QED) is 0.541. The van der Waals surface area contributed by atoms with E-state index < -0.39 is 0 Å². The maximum absolute atomic E-state index is 6.27. The summed E-state index contributed by atoms with van der Waals surface area (Å²) in [6.07, 6.45) is 0. The van der Waals surface area contributed by atoms with Gasteiger partial charge in [0.1, 0.15) is 17.4 Å². The van der Waals surface area contributed by atoms with Gasteiger partial charge in [-0.1, -0.05) is 35.3 Å². The fourth-order valence-corrected chi connectivity index (χ4v) is 3.76. The molecule has 0 unspecified atom stereocenters. The Morgan fingerprint density at radius 3 is 2.65 bits per heavy atom. The Hall–Kier alpha value is -1.55. The molecule has 3 aromatic rings. The average molecular weight is 364 g/mol. The normalized spacial score (nSPS) is 10.8. The van der Waals surface area contributed by atoms with Crippen molar-refractivity contribution < 1.29 is 4.74 Å². The number of rotatable bonds is 4. The summed E-state index contributed by atoms with van der Waals surface area (Å²) in [6.45, 7) is 4.53. The second-order valence-corrected chi connectivity index (χ2v) is 7.18. The fourth-order valence-electron chi connectivity index (χ4n) is 2.19. The van der Waals surface area contributed by atoms with E-state index in [4.69, 9.17) is 27.9 Å². The average Bonchev–Trinajstić information content (AvgIpc) is 2.86. The molecule has 0 aliphatic heterocycles. The molecule has 118 valence electrons. The number of halogens is 2. The molecule has 0 amide bonds. The van der Waals surface area contributed by atoms with Crippen molar-refractivity contribution in [1.29, 1.82) is 0 Å². The van der Waals surface area contributed by atoms with Gasteiger partial charge >= 0.3 is 0 Å². The van der Waals surface area contributed by atoms with Gasteiger partial charge in [0.25, 0.3) is 0 Å². The van der Waals surface area contributed by atoms with Crippen molar-refractivity contribution in [3.05, 3.63) is 68.6 Å². The molecule has 0 bridgehead atoms. The molecule has 0 fully saturated rings. The topological polar surface area (TPSA) is 22.1 Å². The Morgan fingerprint density at radius 2 is 1.91 bits per heavy atom. The van der Waals surface area contributed by atoms with Crippen LogP contribution in [-0.4, -0.2) is 4.98 Å². The molecule has 0 radical (unpaired) electrons. The Kier molecular flexibility index (Phi) is 4.90. The fraction of sp³-hybridized carbons (Fsp3) is 0.167. The number of hydrogen-bond donors (Lipinski definition) is 0. The summed E-state index contributed by atoms with van der Waals surface area (Å²) in [7, 11) is 0. The number of aromatic nitrogens is 1. The molecular weight excluding hydrogens is 349 g/mol. The van der Waals surface area contributed by atoms with Crippen molar-refractivity contribution in [3.8, 4) is 16.3 Å². The van der Waals surface area contributed by atoms with E-state index in [-0.39, 0.29) is 0 Å². The standard InChI is InChI=1S/C18H15Cl2NOS/c1-11-4-3-5-14(8-11)22-10-17-12(2)21-18(23-17)15-7-6-13(19)9-16(15)20/h3-9H,10H2,1-2H3. The van der Waals surface area contributed by atoms with Crippen molar-refractivity contribution in [2.45, 2.75) is 20.5 Å². The predicted molar refractivity (Wildman–Crippen MR) is 97.8 cm³/mol. The summed E-state index contributed by atoms with van der Waals surface area (Å²) in [6, 6.07) is 13.5. The number of hydrogen-bond acceptors (Lipinski definition) is 3. The van der Waals surface area contributed by atoms with Crippen LogP contribution in [0.1, 0.15) is 16.1 Å². The zero-order valence-electron chi connectivity index (χ0n) is 12.8. The van der Waals surface area contributed by atoms with E-state index in [0.29, 0.717) is 16.7 Å². The van der Waals surface area contributed by atoms with Crippen LogP contribution >= 0.6 is 34.5 Å². The van der Waals surface area contributed by atoms with Crippen molar-refractivity contribution >= 4 is 34.5 Å². The second-order valence-electron chi connectivity index (χ2n) is 5.26. The van der Waals surface area contributed by atoms with Crippen LogP contribution in [0.5, 0.6) is 5.75 Å². The first-order valence-electron chi connectivity index (χ1n) is 7.14. The third-order valence-electron chi connectivity index (χ3n) is 3.41. The van der Waals surface area contributed by atoms with Crippen LogP contribution in [0.15, 0.2) is 42.5 Å². The molecular formula is C18H15Cl2NOS. The minimum absolute atomic E-state index is 0.498. The Balaban J connectivity index is 1.81. The van der Waals surface area contributed by atoms with Crippen LogP contribution < -0.4 is 4.74 Å².